The summed E-state index contributed by atoms with van der Waals surface area (Å²) in [5, 5.41) is 0.790. The Labute approximate surface area is 97.0 Å². The third-order valence-corrected chi connectivity index (χ3v) is 2.63. The van der Waals surface area contributed by atoms with Crippen LogP contribution in [0.4, 0.5) is 5.69 Å². The van der Waals surface area contributed by atoms with E-state index in [4.69, 9.17) is 17.3 Å². The highest BCUT2D eigenvalue weighted by Gasteiger charge is 2.18. The minimum absolute atomic E-state index is 0.319. The van der Waals surface area contributed by atoms with Crippen molar-refractivity contribution in [3.05, 3.63) is 29.3 Å². The standard InChI is InChI=1S/C10H13ClN2.C2H6/c11-8-2-1-3-10(6-8)13-5-4-9(12)7-13;1-2/h1-3,6,9H,4-5,7,12H2;1-2H3. The van der Waals surface area contributed by atoms with Crippen LogP contribution in [-0.4, -0.2) is 19.1 Å². The van der Waals surface area contributed by atoms with Gasteiger partial charge in [0.1, 0.15) is 0 Å². The van der Waals surface area contributed by atoms with Gasteiger partial charge in [0.2, 0.25) is 0 Å². The predicted molar refractivity (Wildman–Crippen MR) is 67.6 cm³/mol. The zero-order chi connectivity index (χ0) is 11.3. The fourth-order valence-electron chi connectivity index (χ4n) is 1.69. The lowest BCUT2D eigenvalue weighted by atomic mass is 10.3. The van der Waals surface area contributed by atoms with Crippen LogP contribution in [0.2, 0.25) is 5.02 Å². The van der Waals surface area contributed by atoms with E-state index < -0.39 is 0 Å². The van der Waals surface area contributed by atoms with Crippen LogP contribution in [0.25, 0.3) is 0 Å². The average Bonchev–Trinajstić information content (AvgIpc) is 2.68. The van der Waals surface area contributed by atoms with Gasteiger partial charge in [-0.2, -0.15) is 0 Å². The van der Waals surface area contributed by atoms with Crippen LogP contribution in [0, 0.1) is 0 Å². The molecule has 15 heavy (non-hydrogen) atoms. The first-order valence-electron chi connectivity index (χ1n) is 5.52. The summed E-state index contributed by atoms with van der Waals surface area (Å²) in [7, 11) is 0. The molecule has 2 nitrogen and oxygen atoms in total. The Hall–Kier alpha value is -0.730. The largest absolute Gasteiger partial charge is 0.370 e. The van der Waals surface area contributed by atoms with E-state index in [-0.39, 0.29) is 0 Å². The fraction of sp³-hybridized carbons (Fsp3) is 0.500. The molecule has 1 heterocycles. The molecule has 1 aromatic rings. The van der Waals surface area contributed by atoms with E-state index in [1.54, 1.807) is 0 Å². The summed E-state index contributed by atoms with van der Waals surface area (Å²) in [6.07, 6.45) is 1.08. The molecular formula is C12H19ClN2. The van der Waals surface area contributed by atoms with E-state index >= 15 is 0 Å². The Morgan fingerprint density at radius 1 is 1.40 bits per heavy atom. The van der Waals surface area contributed by atoms with Crippen LogP contribution < -0.4 is 10.6 Å². The van der Waals surface area contributed by atoms with Gasteiger partial charge >= 0.3 is 0 Å². The lowest BCUT2D eigenvalue weighted by Crippen LogP contribution is -2.26. The maximum Gasteiger partial charge on any atom is 0.0426 e. The topological polar surface area (TPSA) is 29.3 Å². The lowest BCUT2D eigenvalue weighted by Gasteiger charge is -2.17. The first-order chi connectivity index (χ1) is 7.25. The number of nitrogens with two attached hydrogens (primary N) is 1. The van der Waals surface area contributed by atoms with E-state index in [9.17, 15) is 0 Å². The summed E-state index contributed by atoms with van der Waals surface area (Å²) in [5.41, 5.74) is 7.01. The molecule has 0 amide bonds. The lowest BCUT2D eigenvalue weighted by molar-refractivity contribution is 0.752. The van der Waals surface area contributed by atoms with Crippen molar-refractivity contribution in [2.24, 2.45) is 5.73 Å². The summed E-state index contributed by atoms with van der Waals surface area (Å²) in [6, 6.07) is 8.24. The van der Waals surface area contributed by atoms with Crippen molar-refractivity contribution in [2.45, 2.75) is 26.3 Å². The Morgan fingerprint density at radius 2 is 2.13 bits per heavy atom. The third kappa shape index (κ3) is 3.40. The van der Waals surface area contributed by atoms with Gasteiger partial charge < -0.3 is 10.6 Å². The van der Waals surface area contributed by atoms with Crippen molar-refractivity contribution >= 4 is 17.3 Å². The smallest absolute Gasteiger partial charge is 0.0426 e. The Morgan fingerprint density at radius 3 is 2.67 bits per heavy atom. The highest BCUT2D eigenvalue weighted by atomic mass is 35.5. The first kappa shape index (κ1) is 12.3. The molecule has 0 radical (unpaired) electrons. The molecule has 1 aromatic carbocycles. The number of halogens is 1. The van der Waals surface area contributed by atoms with E-state index in [1.165, 1.54) is 5.69 Å². The van der Waals surface area contributed by atoms with E-state index in [2.05, 4.69) is 11.0 Å². The summed E-state index contributed by atoms with van der Waals surface area (Å²) in [4.78, 5) is 2.27. The molecule has 2 rings (SSSR count). The quantitative estimate of drug-likeness (QED) is 0.798. The molecular weight excluding hydrogens is 208 g/mol. The third-order valence-electron chi connectivity index (χ3n) is 2.40. The van der Waals surface area contributed by atoms with Crippen molar-refractivity contribution in [1.29, 1.82) is 0 Å². The van der Waals surface area contributed by atoms with Crippen LogP contribution in [0.5, 0.6) is 0 Å². The van der Waals surface area contributed by atoms with E-state index in [0.29, 0.717) is 6.04 Å². The SMILES string of the molecule is CC.NC1CCN(c2cccc(Cl)c2)C1. The highest BCUT2D eigenvalue weighted by molar-refractivity contribution is 6.30. The number of benzene rings is 1. The molecule has 0 aliphatic carbocycles. The van der Waals surface area contributed by atoms with Crippen molar-refractivity contribution < 1.29 is 0 Å². The van der Waals surface area contributed by atoms with Crippen LogP contribution in [-0.2, 0) is 0 Å². The first-order valence-corrected chi connectivity index (χ1v) is 5.89. The summed E-state index contributed by atoms with van der Waals surface area (Å²) < 4.78 is 0. The predicted octanol–water partition coefficient (Wildman–Crippen LogP) is 2.90. The van der Waals surface area contributed by atoms with Crippen molar-refractivity contribution in [3.8, 4) is 0 Å². The van der Waals surface area contributed by atoms with E-state index in [0.717, 1.165) is 24.5 Å². The van der Waals surface area contributed by atoms with Gasteiger partial charge in [0, 0.05) is 29.8 Å². The van der Waals surface area contributed by atoms with E-state index in [1.807, 2.05) is 32.0 Å². The van der Waals surface area contributed by atoms with Crippen LogP contribution in [0.1, 0.15) is 20.3 Å². The van der Waals surface area contributed by atoms with Gasteiger partial charge in [-0.25, -0.2) is 0 Å². The van der Waals surface area contributed by atoms with Crippen molar-refractivity contribution in [1.82, 2.24) is 0 Å². The number of hydrogen-bond donors (Lipinski definition) is 1. The number of nitrogens with zero attached hydrogens (tertiary/aromatic N) is 1. The van der Waals surface area contributed by atoms with Crippen molar-refractivity contribution in [2.75, 3.05) is 18.0 Å². The molecule has 0 saturated carbocycles. The monoisotopic (exact) mass is 226 g/mol. The molecule has 0 bridgehead atoms. The fourth-order valence-corrected chi connectivity index (χ4v) is 1.88. The number of rotatable bonds is 1. The maximum absolute atomic E-state index is 5.90. The average molecular weight is 227 g/mol. The highest BCUT2D eigenvalue weighted by Crippen LogP contribution is 2.22. The second-order valence-corrected chi connectivity index (χ2v) is 3.91. The Balaban J connectivity index is 0.000000531. The molecule has 1 fully saturated rings. The summed E-state index contributed by atoms with van der Waals surface area (Å²) >= 11 is 5.90. The Bertz CT molecular complexity index is 301. The van der Waals surface area contributed by atoms with Gasteiger partial charge in [-0.1, -0.05) is 31.5 Å². The molecule has 0 spiro atoms. The molecule has 1 saturated heterocycles. The minimum Gasteiger partial charge on any atom is -0.370 e. The maximum atomic E-state index is 5.90. The molecule has 2 N–H and O–H groups in total. The minimum atomic E-state index is 0.319. The second-order valence-electron chi connectivity index (χ2n) is 3.47. The number of hydrogen-bond acceptors (Lipinski definition) is 2. The zero-order valence-corrected chi connectivity index (χ0v) is 10.2. The molecule has 1 unspecified atom stereocenters. The van der Waals surface area contributed by atoms with Crippen LogP contribution >= 0.6 is 11.6 Å². The second kappa shape index (κ2) is 5.99. The van der Waals surface area contributed by atoms with Crippen molar-refractivity contribution in [3.63, 3.8) is 0 Å². The van der Waals surface area contributed by atoms with Gasteiger partial charge in [-0.05, 0) is 24.6 Å². The van der Waals surface area contributed by atoms with Crippen LogP contribution in [0.3, 0.4) is 0 Å². The van der Waals surface area contributed by atoms with Gasteiger partial charge in [0.05, 0.1) is 0 Å². The molecule has 1 aliphatic heterocycles. The van der Waals surface area contributed by atoms with Gasteiger partial charge in [0.25, 0.3) is 0 Å². The van der Waals surface area contributed by atoms with Gasteiger partial charge in [-0.15, -0.1) is 0 Å². The van der Waals surface area contributed by atoms with Gasteiger partial charge in [0.15, 0.2) is 0 Å². The normalized spacial score (nSPS) is 19.7. The molecule has 84 valence electrons. The molecule has 1 aliphatic rings. The molecule has 1 atom stereocenters. The van der Waals surface area contributed by atoms with Crippen LogP contribution in [0.15, 0.2) is 24.3 Å². The zero-order valence-electron chi connectivity index (χ0n) is 9.41. The summed E-state index contributed by atoms with van der Waals surface area (Å²) in [6.45, 7) is 5.99. The van der Waals surface area contributed by atoms with Gasteiger partial charge in [-0.3, -0.25) is 0 Å². The number of anilines is 1. The summed E-state index contributed by atoms with van der Waals surface area (Å²) in [5.74, 6) is 0. The molecule has 0 aromatic heterocycles. The molecule has 3 heteroatoms. The Kier molecular flexibility index (Phi) is 4.92.